The Kier molecular flexibility index (Phi) is 14.7. The molecule has 0 saturated carbocycles. The van der Waals surface area contributed by atoms with Gasteiger partial charge in [-0.05, 0) is 12.3 Å². The average Bonchev–Trinajstić information content (AvgIpc) is 2.50. The van der Waals surface area contributed by atoms with Gasteiger partial charge >= 0.3 is 31.3 Å². The van der Waals surface area contributed by atoms with Crippen LogP contribution in [0.4, 0.5) is 0 Å². The van der Waals surface area contributed by atoms with Crippen molar-refractivity contribution in [2.75, 3.05) is 27.4 Å². The minimum absolute atomic E-state index is 0.0918. The van der Waals surface area contributed by atoms with Gasteiger partial charge in [0, 0.05) is 14.2 Å². The molecule has 14 nitrogen and oxygen atoms in total. The van der Waals surface area contributed by atoms with Crippen LogP contribution in [0.5, 0.6) is 0 Å². The molecule has 0 rings (SSSR count). The van der Waals surface area contributed by atoms with Crippen molar-refractivity contribution in [3.05, 3.63) is 12.7 Å². The molecule has 3 unspecified atom stereocenters. The lowest BCUT2D eigenvalue weighted by Crippen LogP contribution is -1.99. The number of hydrogen-bond donors (Lipinski definition) is 4. The quantitative estimate of drug-likeness (QED) is 0.215. The van der Waals surface area contributed by atoms with Crippen LogP contribution in [0.1, 0.15) is 20.3 Å². The van der Waals surface area contributed by atoms with E-state index >= 15 is 0 Å². The van der Waals surface area contributed by atoms with Crippen molar-refractivity contribution < 1.29 is 64.6 Å². The first-order chi connectivity index (χ1) is 12.5. The summed E-state index contributed by atoms with van der Waals surface area (Å²) in [6.45, 7) is 6.80. The third-order valence-electron chi connectivity index (χ3n) is 2.17. The van der Waals surface area contributed by atoms with E-state index in [1.807, 2.05) is 13.8 Å². The molecule has 0 aliphatic rings. The Morgan fingerprint density at radius 1 is 0.893 bits per heavy atom. The molecule has 0 fully saturated rings. The summed E-state index contributed by atoms with van der Waals surface area (Å²) in [5.74, 6) is 0.255. The van der Waals surface area contributed by atoms with Crippen LogP contribution in [-0.4, -0.2) is 47.0 Å². The van der Waals surface area contributed by atoms with Gasteiger partial charge in [-0.15, -0.1) is 6.58 Å². The third kappa shape index (κ3) is 18.3. The molecule has 0 heterocycles. The first kappa shape index (κ1) is 30.5. The highest BCUT2D eigenvalue weighted by atomic mass is 31.3. The van der Waals surface area contributed by atoms with Crippen molar-refractivity contribution >= 4 is 31.3 Å². The summed E-state index contributed by atoms with van der Waals surface area (Å²) >= 11 is 0. The molecule has 0 bridgehead atoms. The lowest BCUT2D eigenvalue weighted by atomic mass is 10.2. The van der Waals surface area contributed by atoms with Crippen molar-refractivity contribution in [3.63, 3.8) is 0 Å². The number of hydrogen-bond acceptors (Lipinski definition) is 10. The maximum absolute atomic E-state index is 11.4. The molecule has 28 heavy (non-hydrogen) atoms. The molecule has 0 amide bonds. The van der Waals surface area contributed by atoms with Crippen molar-refractivity contribution in [1.29, 1.82) is 0 Å². The summed E-state index contributed by atoms with van der Waals surface area (Å²) < 4.78 is 68.3. The molecule has 0 radical (unpaired) electrons. The van der Waals surface area contributed by atoms with Crippen LogP contribution in [0.25, 0.3) is 0 Å². The van der Waals surface area contributed by atoms with Gasteiger partial charge in [0.05, 0.1) is 13.2 Å². The molecule has 0 aromatic carbocycles. The molecule has 0 aromatic heterocycles. The fourth-order valence-electron chi connectivity index (χ4n) is 0.975. The van der Waals surface area contributed by atoms with E-state index < -0.39 is 31.3 Å². The Bertz CT molecular complexity index is 642. The van der Waals surface area contributed by atoms with E-state index in [0.717, 1.165) is 14.2 Å². The van der Waals surface area contributed by atoms with Crippen LogP contribution in [0.3, 0.4) is 0 Å². The van der Waals surface area contributed by atoms with Gasteiger partial charge in [-0.25, -0.2) is 18.3 Å². The van der Waals surface area contributed by atoms with Crippen molar-refractivity contribution in [1.82, 2.24) is 0 Å². The molecule has 170 valence electrons. The lowest BCUT2D eigenvalue weighted by molar-refractivity contribution is 0.161. The monoisotopic (exact) mass is 494 g/mol. The lowest BCUT2D eigenvalue weighted by Gasteiger charge is -2.16. The van der Waals surface area contributed by atoms with Crippen molar-refractivity contribution in [3.8, 4) is 0 Å². The number of rotatable bonds is 13. The summed E-state index contributed by atoms with van der Waals surface area (Å²) in [6, 6.07) is 0. The van der Waals surface area contributed by atoms with E-state index in [1.54, 1.807) is 0 Å². The van der Waals surface area contributed by atoms with Gasteiger partial charge in [0.2, 0.25) is 0 Å². The highest BCUT2D eigenvalue weighted by Gasteiger charge is 2.36. The van der Waals surface area contributed by atoms with E-state index in [-0.39, 0.29) is 19.1 Å². The van der Waals surface area contributed by atoms with Gasteiger partial charge in [-0.1, -0.05) is 19.9 Å². The van der Waals surface area contributed by atoms with E-state index in [1.165, 1.54) is 6.08 Å². The van der Waals surface area contributed by atoms with E-state index in [0.29, 0.717) is 6.42 Å². The summed E-state index contributed by atoms with van der Waals surface area (Å²) in [6.07, 6.45) is 1.78. The number of phosphoric ester groups is 3. The first-order valence-electron chi connectivity index (χ1n) is 7.26. The Morgan fingerprint density at radius 3 is 1.79 bits per heavy atom. The van der Waals surface area contributed by atoms with E-state index in [4.69, 9.17) is 19.6 Å². The zero-order valence-corrected chi connectivity index (χ0v) is 19.2. The number of phosphoric acid groups is 4. The molecule has 4 N–H and O–H groups in total. The second-order valence-electron chi connectivity index (χ2n) is 5.00. The molecular formula is C10H26O14P4. The van der Waals surface area contributed by atoms with Gasteiger partial charge in [0.15, 0.2) is 0 Å². The van der Waals surface area contributed by atoms with Crippen molar-refractivity contribution in [2.24, 2.45) is 5.92 Å². The summed E-state index contributed by atoms with van der Waals surface area (Å²) in [5, 5.41) is 0. The standard InChI is InChI=1S/C5H14O7P2.C5H12O7P2/c1-5(2)3-4-11-14(9,10)12-13(6,7)8;1-4-5-11-14(8,10-3)12-13(6,7)9-2/h5H,3-4H2,1-2H3,(H,9,10)(H2,6,7,8);4H,1,5H2,2-3H3,(H,6,7). The van der Waals surface area contributed by atoms with E-state index in [9.17, 15) is 18.3 Å². The Hall–Kier alpha value is 0.260. The molecule has 0 saturated heterocycles. The third-order valence-corrected chi connectivity index (χ3v) is 7.35. The second-order valence-corrected chi connectivity index (χ2v) is 11.3. The van der Waals surface area contributed by atoms with Crippen LogP contribution >= 0.6 is 31.3 Å². The normalized spacial score (nSPS) is 18.3. The van der Waals surface area contributed by atoms with Crippen LogP contribution in [0.2, 0.25) is 0 Å². The van der Waals surface area contributed by atoms with Gasteiger partial charge in [-0.3, -0.25) is 18.1 Å². The van der Waals surface area contributed by atoms with Crippen LogP contribution in [0.15, 0.2) is 12.7 Å². The molecule has 18 heteroatoms. The maximum Gasteiger partial charge on any atom is 0.483 e. The Balaban J connectivity index is 0. The zero-order chi connectivity index (χ0) is 22.6. The largest absolute Gasteiger partial charge is 0.483 e. The maximum atomic E-state index is 11.4. The molecule has 0 aliphatic heterocycles. The Morgan fingerprint density at radius 2 is 1.43 bits per heavy atom. The summed E-state index contributed by atoms with van der Waals surface area (Å²) in [7, 11) is -16.1. The fourth-order valence-corrected chi connectivity index (χ4v) is 4.70. The predicted molar refractivity (Wildman–Crippen MR) is 97.0 cm³/mol. The fraction of sp³-hybridized carbons (Fsp3) is 0.800. The van der Waals surface area contributed by atoms with Gasteiger partial charge in [0.1, 0.15) is 0 Å². The van der Waals surface area contributed by atoms with Gasteiger partial charge < -0.3 is 19.6 Å². The SMILES string of the molecule is C=CCOP(=O)(OC)OP(=O)(O)OC.CC(C)CCOP(=O)(O)OP(=O)(O)O. The Labute approximate surface area is 162 Å². The highest BCUT2D eigenvalue weighted by molar-refractivity contribution is 7.61. The molecule has 0 aliphatic carbocycles. The minimum Gasteiger partial charge on any atom is -0.302 e. The molecule has 3 atom stereocenters. The first-order valence-corrected chi connectivity index (χ1v) is 13.2. The summed E-state index contributed by atoms with van der Waals surface area (Å²) in [5.41, 5.74) is 0. The van der Waals surface area contributed by atoms with Gasteiger partial charge in [-0.2, -0.15) is 8.62 Å². The van der Waals surface area contributed by atoms with Crippen LogP contribution < -0.4 is 0 Å². The average molecular weight is 494 g/mol. The summed E-state index contributed by atoms with van der Waals surface area (Å²) in [4.78, 5) is 34.1. The second kappa shape index (κ2) is 13.5. The smallest absolute Gasteiger partial charge is 0.302 e. The molecule has 0 aromatic rings. The minimum atomic E-state index is -4.99. The predicted octanol–water partition coefficient (Wildman–Crippen LogP) is 2.97. The van der Waals surface area contributed by atoms with Crippen LogP contribution in [-0.2, 0) is 45.0 Å². The van der Waals surface area contributed by atoms with Crippen molar-refractivity contribution in [2.45, 2.75) is 20.3 Å². The molecule has 0 spiro atoms. The zero-order valence-electron chi connectivity index (χ0n) is 15.6. The van der Waals surface area contributed by atoms with Crippen LogP contribution in [0, 0.1) is 5.92 Å². The topological polar surface area (TPSA) is 205 Å². The van der Waals surface area contributed by atoms with Gasteiger partial charge in [0.25, 0.3) is 0 Å². The van der Waals surface area contributed by atoms with E-state index in [2.05, 4.69) is 33.3 Å². The molecular weight excluding hydrogens is 468 g/mol. The highest BCUT2D eigenvalue weighted by Crippen LogP contribution is 2.62.